The number of hydrogen-bond donors (Lipinski definition) is 0. The summed E-state index contributed by atoms with van der Waals surface area (Å²) < 4.78 is 5.98. The molecule has 0 aromatic heterocycles. The van der Waals surface area contributed by atoms with Gasteiger partial charge in [0.2, 0.25) is 0 Å². The van der Waals surface area contributed by atoms with Crippen molar-refractivity contribution in [3.05, 3.63) is 0 Å². The van der Waals surface area contributed by atoms with Gasteiger partial charge in [0, 0.05) is 0 Å². The normalized spacial score (nSPS) is 8.91. The second-order valence-corrected chi connectivity index (χ2v) is 65.8. The molecule has 0 aromatic rings. The fourth-order valence-corrected chi connectivity index (χ4v) is 80.5. The average molecular weight is 547 g/mol. The number of hydrogen-bond acceptors (Lipinski definition) is 1. The van der Waals surface area contributed by atoms with Crippen LogP contribution in [-0.2, 0) is 46.1 Å². The molecule has 0 aliphatic carbocycles. The summed E-state index contributed by atoms with van der Waals surface area (Å²) in [6.45, 7) is 4.64. The molecule has 60 valence electrons. The van der Waals surface area contributed by atoms with Crippen molar-refractivity contribution in [1.82, 2.24) is 0 Å². The van der Waals surface area contributed by atoms with Gasteiger partial charge in [-0.25, -0.2) is 0 Å². The van der Waals surface area contributed by atoms with Gasteiger partial charge in [0.25, 0.3) is 0 Å². The third-order valence-corrected chi connectivity index (χ3v) is 79.4. The first-order valence-corrected chi connectivity index (χ1v) is 27.4. The molecule has 0 unspecified atom stereocenters. The first kappa shape index (κ1) is 13.2. The second-order valence-electron chi connectivity index (χ2n) is 3.03. The van der Waals surface area contributed by atoms with E-state index < -0.39 is 0 Å². The van der Waals surface area contributed by atoms with E-state index in [1.807, 2.05) is 0 Å². The van der Waals surface area contributed by atoms with Crippen molar-refractivity contribution < 1.29 is 46.1 Å². The van der Waals surface area contributed by atoms with Crippen molar-refractivity contribution in [3.63, 3.8) is 0 Å². The Kier molecular flexibility index (Phi) is 14.7. The molecule has 0 nitrogen and oxygen atoms in total. The van der Waals surface area contributed by atoms with Gasteiger partial charge in [0.15, 0.2) is 0 Å². The predicted molar refractivity (Wildman–Crippen MR) is 47.0 cm³/mol. The van der Waals surface area contributed by atoms with Crippen LogP contribution in [0.3, 0.4) is 0 Å². The van der Waals surface area contributed by atoms with Gasteiger partial charge in [0.1, 0.15) is 0 Å². The second kappa shape index (κ2) is 12.2. The van der Waals surface area contributed by atoms with Crippen LogP contribution in [0.2, 0.25) is 7.86 Å². The van der Waals surface area contributed by atoms with Crippen LogP contribution in [0.25, 0.3) is 0 Å². The minimum absolute atomic E-state index is 0.271. The van der Waals surface area contributed by atoms with E-state index in [9.17, 15) is 0 Å². The molecule has 0 saturated carbocycles. The molecule has 0 aromatic carbocycles. The molecule has 3 heteroatoms. The van der Waals surface area contributed by atoms with Gasteiger partial charge in [-0.2, -0.15) is 0 Å². The topological polar surface area (TPSA) is 0 Å². The van der Waals surface area contributed by atoms with Gasteiger partial charge in [-0.3, -0.25) is 0 Å². The van der Waals surface area contributed by atoms with E-state index in [2.05, 4.69) is 18.6 Å². The first-order chi connectivity index (χ1) is 5.41. The maximum absolute atomic E-state index is 2.58. The molecular formula is C8H18Hg2S. The zero-order chi connectivity index (χ0) is 8.36. The summed E-state index contributed by atoms with van der Waals surface area (Å²) in [5.74, 6) is 0. The van der Waals surface area contributed by atoms with Gasteiger partial charge < -0.3 is 0 Å². The van der Waals surface area contributed by atoms with Crippen LogP contribution < -0.4 is 0 Å². The molecule has 0 atom stereocenters. The summed E-state index contributed by atoms with van der Waals surface area (Å²) in [6.07, 6.45) is 5.98. The molecule has 0 radical (unpaired) electrons. The summed E-state index contributed by atoms with van der Waals surface area (Å²) in [7, 11) is 0. The molecule has 0 amide bonds. The average Bonchev–Trinajstić information content (AvgIpc) is 2.03. The molecule has 11 heavy (non-hydrogen) atoms. The Morgan fingerprint density at radius 2 is 1.36 bits per heavy atom. The molecule has 0 bridgehead atoms. The molecule has 0 aliphatic rings. The summed E-state index contributed by atoms with van der Waals surface area (Å²) in [4.78, 5) is 0. The molecule has 0 aliphatic heterocycles. The maximum atomic E-state index is 2.58. The van der Waals surface area contributed by atoms with Crippen molar-refractivity contribution in [3.8, 4) is 0 Å². The molecular weight excluding hydrogens is 529 g/mol. The third kappa shape index (κ3) is 12.2. The van der Waals surface area contributed by atoms with Crippen LogP contribution in [0, 0.1) is 0 Å². The van der Waals surface area contributed by atoms with Crippen LogP contribution in [0.1, 0.15) is 39.5 Å². The first-order valence-electron chi connectivity index (χ1n) is 4.99. The van der Waals surface area contributed by atoms with Crippen molar-refractivity contribution in [2.75, 3.05) is 0 Å². The van der Waals surface area contributed by atoms with Crippen LogP contribution in [-0.4, -0.2) is 0 Å². The Bertz CT molecular complexity index is 61.1. The van der Waals surface area contributed by atoms with Crippen molar-refractivity contribution in [2.24, 2.45) is 0 Å². The Morgan fingerprint density at radius 3 is 1.73 bits per heavy atom. The molecule has 0 N–H and O–H groups in total. The van der Waals surface area contributed by atoms with Gasteiger partial charge in [-0.05, 0) is 0 Å². The Labute approximate surface area is 96.8 Å². The summed E-state index contributed by atoms with van der Waals surface area (Å²) in [5.41, 5.74) is 0. The van der Waals surface area contributed by atoms with Crippen molar-refractivity contribution in [1.29, 1.82) is 0 Å². The quantitative estimate of drug-likeness (QED) is 0.325. The van der Waals surface area contributed by atoms with E-state index in [4.69, 9.17) is 0 Å². The Balaban J connectivity index is 2.69. The van der Waals surface area contributed by atoms with Crippen LogP contribution in [0.15, 0.2) is 0 Å². The summed E-state index contributed by atoms with van der Waals surface area (Å²) in [6, 6.07) is 0. The van der Waals surface area contributed by atoms with Crippen molar-refractivity contribution in [2.45, 2.75) is 47.4 Å². The number of rotatable bonds is 8. The third-order valence-electron chi connectivity index (χ3n) is 1.78. The summed E-state index contributed by atoms with van der Waals surface area (Å²) >= 11 is -0.541. The Hall–Kier alpha value is 2.22. The standard InChI is InChI=1S/2C4H9.2Hg.S/c2*1-3-4-2;;;/h2*1,3-4H2,2H3;;;. The van der Waals surface area contributed by atoms with Gasteiger partial charge in [-0.15, -0.1) is 0 Å². The molecule has 0 fully saturated rings. The van der Waals surface area contributed by atoms with E-state index in [0.717, 1.165) is 0 Å². The minimum atomic E-state index is -0.271. The molecule has 0 rings (SSSR count). The monoisotopic (exact) mass is 550 g/mol. The van der Waals surface area contributed by atoms with Gasteiger partial charge >= 0.3 is 98.2 Å². The van der Waals surface area contributed by atoms with Crippen LogP contribution in [0.5, 0.6) is 0 Å². The molecule has 0 heterocycles. The number of unbranched alkanes of at least 4 members (excludes halogenated alkanes) is 2. The fraction of sp³-hybridized carbons (Fsp3) is 1.00. The van der Waals surface area contributed by atoms with E-state index in [1.165, 1.54) is 12.8 Å². The van der Waals surface area contributed by atoms with Crippen LogP contribution >= 0.6 is 4.72 Å². The molecule has 0 saturated heterocycles. The van der Waals surface area contributed by atoms with E-state index in [0.29, 0.717) is 0 Å². The van der Waals surface area contributed by atoms with Crippen molar-refractivity contribution >= 4 is 4.72 Å². The van der Waals surface area contributed by atoms with E-state index in [-0.39, 0.29) is 46.1 Å². The fourth-order valence-electron chi connectivity index (χ4n) is 1.01. The van der Waals surface area contributed by atoms with Crippen LogP contribution in [0.4, 0.5) is 0 Å². The van der Waals surface area contributed by atoms with E-state index in [1.54, 1.807) is 20.7 Å². The van der Waals surface area contributed by atoms with Gasteiger partial charge in [0.05, 0.1) is 0 Å². The zero-order valence-electron chi connectivity index (χ0n) is 8.07. The van der Waals surface area contributed by atoms with Gasteiger partial charge in [-0.1, -0.05) is 0 Å². The Morgan fingerprint density at radius 1 is 0.909 bits per heavy atom. The predicted octanol–water partition coefficient (Wildman–Crippen LogP) is 4.15. The summed E-state index contributed by atoms with van der Waals surface area (Å²) in [5, 5.41) is 0. The molecule has 0 spiro atoms. The van der Waals surface area contributed by atoms with E-state index >= 15 is 0 Å². The zero-order valence-corrected chi connectivity index (χ0v) is 19.9. The SMILES string of the molecule is CCC[CH2][Hg][S][Hg][CH2]CCC.